The molecule has 0 aliphatic carbocycles. The fourth-order valence-electron chi connectivity index (χ4n) is 1.10. The molecule has 3 nitrogen and oxygen atoms in total. The third kappa shape index (κ3) is 4.24. The second-order valence-corrected chi connectivity index (χ2v) is 4.63. The van der Waals surface area contributed by atoms with E-state index >= 15 is 0 Å². The molecule has 0 aliphatic rings. The predicted octanol–water partition coefficient (Wildman–Crippen LogP) is 1.14. The van der Waals surface area contributed by atoms with Gasteiger partial charge in [0.25, 0.3) is 0 Å². The summed E-state index contributed by atoms with van der Waals surface area (Å²) in [6.45, 7) is 2.80. The molecule has 0 bridgehead atoms. The first-order valence-corrected chi connectivity index (χ1v) is 5.95. The SMILES string of the molecule is CC(CS(C)=O)NCc1ccoc1. The summed E-state index contributed by atoms with van der Waals surface area (Å²) in [6, 6.07) is 2.20. The Morgan fingerprint density at radius 3 is 3.00 bits per heavy atom. The Morgan fingerprint density at radius 2 is 2.46 bits per heavy atom. The van der Waals surface area contributed by atoms with E-state index in [1.807, 2.05) is 13.0 Å². The quantitative estimate of drug-likeness (QED) is 0.776. The van der Waals surface area contributed by atoms with Gasteiger partial charge in [-0.15, -0.1) is 0 Å². The molecule has 0 fully saturated rings. The summed E-state index contributed by atoms with van der Waals surface area (Å²) in [5.41, 5.74) is 1.12. The van der Waals surface area contributed by atoms with E-state index in [1.54, 1.807) is 18.8 Å². The van der Waals surface area contributed by atoms with Crippen LogP contribution in [-0.4, -0.2) is 22.3 Å². The Labute approximate surface area is 81.0 Å². The fraction of sp³-hybridized carbons (Fsp3) is 0.556. The molecule has 2 atom stereocenters. The van der Waals surface area contributed by atoms with Crippen LogP contribution in [-0.2, 0) is 17.3 Å². The van der Waals surface area contributed by atoms with E-state index in [1.165, 1.54) is 0 Å². The van der Waals surface area contributed by atoms with Crippen LogP contribution >= 0.6 is 0 Å². The normalized spacial score (nSPS) is 15.5. The van der Waals surface area contributed by atoms with Crippen LogP contribution < -0.4 is 5.32 Å². The highest BCUT2D eigenvalue weighted by Gasteiger charge is 2.03. The summed E-state index contributed by atoms with van der Waals surface area (Å²) in [4.78, 5) is 0. The van der Waals surface area contributed by atoms with Gasteiger partial charge in [0.1, 0.15) is 0 Å². The summed E-state index contributed by atoms with van der Waals surface area (Å²) in [6.07, 6.45) is 5.08. The van der Waals surface area contributed by atoms with E-state index in [-0.39, 0.29) is 6.04 Å². The maximum Gasteiger partial charge on any atom is 0.0947 e. The molecule has 0 aromatic carbocycles. The molecule has 0 aliphatic heterocycles. The molecule has 1 N–H and O–H groups in total. The fourth-order valence-corrected chi connectivity index (χ4v) is 1.92. The minimum atomic E-state index is -0.730. The Balaban J connectivity index is 2.22. The van der Waals surface area contributed by atoms with E-state index in [9.17, 15) is 4.21 Å². The van der Waals surface area contributed by atoms with Gasteiger partial charge < -0.3 is 9.73 Å². The molecule has 0 saturated carbocycles. The molecule has 13 heavy (non-hydrogen) atoms. The molecule has 1 aromatic heterocycles. The first kappa shape index (κ1) is 10.5. The van der Waals surface area contributed by atoms with Gasteiger partial charge >= 0.3 is 0 Å². The molecule has 4 heteroatoms. The third-order valence-corrected chi connectivity index (χ3v) is 2.69. The second-order valence-electron chi connectivity index (χ2n) is 3.15. The Kier molecular flexibility index (Phi) is 4.18. The van der Waals surface area contributed by atoms with E-state index in [0.29, 0.717) is 5.75 Å². The summed E-state index contributed by atoms with van der Waals surface area (Å²) in [7, 11) is -0.730. The molecule has 1 rings (SSSR count). The van der Waals surface area contributed by atoms with E-state index in [0.717, 1.165) is 12.1 Å². The van der Waals surface area contributed by atoms with Gasteiger partial charge in [0.15, 0.2) is 0 Å². The van der Waals surface area contributed by atoms with Crippen molar-refractivity contribution in [3.8, 4) is 0 Å². The minimum absolute atomic E-state index is 0.278. The molecule has 2 unspecified atom stereocenters. The lowest BCUT2D eigenvalue weighted by molar-refractivity contribution is 0.551. The average molecular weight is 201 g/mol. The van der Waals surface area contributed by atoms with Crippen LogP contribution in [0.3, 0.4) is 0 Å². The van der Waals surface area contributed by atoms with Crippen LogP contribution in [0.4, 0.5) is 0 Å². The monoisotopic (exact) mass is 201 g/mol. The zero-order valence-corrected chi connectivity index (χ0v) is 8.76. The largest absolute Gasteiger partial charge is 0.472 e. The summed E-state index contributed by atoms with van der Waals surface area (Å²) in [5.74, 6) is 0.692. The third-order valence-electron chi connectivity index (χ3n) is 1.72. The first-order chi connectivity index (χ1) is 6.18. The van der Waals surface area contributed by atoms with Crippen molar-refractivity contribution in [2.45, 2.75) is 19.5 Å². The molecule has 0 saturated heterocycles. The van der Waals surface area contributed by atoms with E-state index in [4.69, 9.17) is 4.42 Å². The van der Waals surface area contributed by atoms with Crippen molar-refractivity contribution in [2.24, 2.45) is 0 Å². The van der Waals surface area contributed by atoms with Crippen molar-refractivity contribution in [1.82, 2.24) is 5.32 Å². The maximum atomic E-state index is 10.9. The van der Waals surface area contributed by atoms with Crippen LogP contribution in [0.5, 0.6) is 0 Å². The zero-order valence-electron chi connectivity index (χ0n) is 7.95. The lowest BCUT2D eigenvalue weighted by atomic mass is 10.3. The van der Waals surface area contributed by atoms with E-state index < -0.39 is 10.8 Å². The van der Waals surface area contributed by atoms with Gasteiger partial charge in [0.2, 0.25) is 0 Å². The van der Waals surface area contributed by atoms with Gasteiger partial charge in [-0.05, 0) is 13.0 Å². The van der Waals surface area contributed by atoms with Crippen LogP contribution in [0.2, 0.25) is 0 Å². The standard InChI is InChI=1S/C9H15NO2S/c1-8(7-13(2)11)10-5-9-3-4-12-6-9/h3-4,6,8,10H,5,7H2,1-2H3. The van der Waals surface area contributed by atoms with Crippen molar-refractivity contribution in [2.75, 3.05) is 12.0 Å². The highest BCUT2D eigenvalue weighted by Crippen LogP contribution is 1.99. The van der Waals surface area contributed by atoms with Crippen LogP contribution in [0.25, 0.3) is 0 Å². The van der Waals surface area contributed by atoms with Crippen LogP contribution in [0, 0.1) is 0 Å². The highest BCUT2D eigenvalue weighted by atomic mass is 32.2. The number of hydrogen-bond donors (Lipinski definition) is 1. The molecule has 0 amide bonds. The smallest absolute Gasteiger partial charge is 0.0947 e. The van der Waals surface area contributed by atoms with Crippen molar-refractivity contribution in [1.29, 1.82) is 0 Å². The minimum Gasteiger partial charge on any atom is -0.472 e. The molecule has 0 spiro atoms. The summed E-state index contributed by atoms with van der Waals surface area (Å²) >= 11 is 0. The van der Waals surface area contributed by atoms with Crippen molar-refractivity contribution in [3.05, 3.63) is 24.2 Å². The average Bonchev–Trinajstić information content (AvgIpc) is 2.51. The molecule has 1 aromatic rings. The molecule has 1 heterocycles. The number of rotatable bonds is 5. The van der Waals surface area contributed by atoms with Gasteiger partial charge in [0.05, 0.1) is 12.5 Å². The Bertz CT molecular complexity index is 259. The Morgan fingerprint density at radius 1 is 1.69 bits per heavy atom. The van der Waals surface area contributed by atoms with Crippen molar-refractivity contribution in [3.63, 3.8) is 0 Å². The second kappa shape index (κ2) is 5.19. The van der Waals surface area contributed by atoms with E-state index in [2.05, 4.69) is 5.32 Å². The lowest BCUT2D eigenvalue weighted by Gasteiger charge is -2.10. The topological polar surface area (TPSA) is 42.2 Å². The van der Waals surface area contributed by atoms with Crippen LogP contribution in [0.1, 0.15) is 12.5 Å². The highest BCUT2D eigenvalue weighted by molar-refractivity contribution is 7.84. The van der Waals surface area contributed by atoms with Crippen LogP contribution in [0.15, 0.2) is 23.0 Å². The molecular weight excluding hydrogens is 186 g/mol. The van der Waals surface area contributed by atoms with Gasteiger partial charge in [-0.1, -0.05) is 0 Å². The Hall–Kier alpha value is -0.610. The number of furan rings is 1. The molecular formula is C9H15NO2S. The van der Waals surface area contributed by atoms with Gasteiger partial charge in [0, 0.05) is 41.0 Å². The number of nitrogens with one attached hydrogen (secondary N) is 1. The lowest BCUT2D eigenvalue weighted by Crippen LogP contribution is -2.30. The molecule has 0 radical (unpaired) electrons. The van der Waals surface area contributed by atoms with Crippen molar-refractivity contribution >= 4 is 10.8 Å². The van der Waals surface area contributed by atoms with Gasteiger partial charge in [-0.25, -0.2) is 0 Å². The van der Waals surface area contributed by atoms with Crippen molar-refractivity contribution < 1.29 is 8.63 Å². The first-order valence-electron chi connectivity index (χ1n) is 4.23. The van der Waals surface area contributed by atoms with Gasteiger partial charge in [-0.2, -0.15) is 0 Å². The predicted molar refractivity (Wildman–Crippen MR) is 53.9 cm³/mol. The zero-order chi connectivity index (χ0) is 9.68. The van der Waals surface area contributed by atoms with Gasteiger partial charge in [-0.3, -0.25) is 4.21 Å². The summed E-state index contributed by atoms with van der Waals surface area (Å²) < 4.78 is 15.8. The molecule has 74 valence electrons. The number of hydrogen-bond acceptors (Lipinski definition) is 3. The maximum absolute atomic E-state index is 10.9. The summed E-state index contributed by atoms with van der Waals surface area (Å²) in [5, 5.41) is 3.26.